The predicted octanol–water partition coefficient (Wildman–Crippen LogP) is -1.42. The van der Waals surface area contributed by atoms with Crippen molar-refractivity contribution in [2.75, 3.05) is 13.1 Å². The lowest BCUT2D eigenvalue weighted by Gasteiger charge is -2.52. The highest BCUT2D eigenvalue weighted by atomic mass is 16.4. The standard InChI is InChI=1S/C11H17N3O5/c1-6(15)7(8(12)16)13-5-11(9(13)17)3-2-4-14(11)10(18)19/h6-7,15H,2-5H2,1H3,(H2,12,16)(H,18,19)/t6?,7?,11-/m0/s1. The highest BCUT2D eigenvalue weighted by Gasteiger charge is 2.62. The van der Waals surface area contributed by atoms with Crippen LogP contribution in [0.5, 0.6) is 0 Å². The number of primary amides is 1. The third-order valence-electron chi connectivity index (χ3n) is 3.89. The fourth-order valence-electron chi connectivity index (χ4n) is 3.02. The SMILES string of the molecule is CC(O)C(C(N)=O)N1C[C@@]2(CCCN2C(=O)O)C1=O. The molecule has 0 bridgehead atoms. The average molecular weight is 271 g/mol. The zero-order chi connectivity index (χ0) is 14.4. The third kappa shape index (κ3) is 1.83. The van der Waals surface area contributed by atoms with Crippen LogP contribution in [-0.2, 0) is 9.59 Å². The molecule has 19 heavy (non-hydrogen) atoms. The van der Waals surface area contributed by atoms with Crippen LogP contribution in [0, 0.1) is 0 Å². The highest BCUT2D eigenvalue weighted by Crippen LogP contribution is 2.40. The Morgan fingerprint density at radius 3 is 2.53 bits per heavy atom. The summed E-state index contributed by atoms with van der Waals surface area (Å²) in [6.45, 7) is 1.79. The summed E-state index contributed by atoms with van der Waals surface area (Å²) in [6, 6.07) is -1.10. The van der Waals surface area contributed by atoms with E-state index in [0.717, 1.165) is 9.80 Å². The van der Waals surface area contributed by atoms with Gasteiger partial charge < -0.3 is 20.8 Å². The van der Waals surface area contributed by atoms with Crippen molar-refractivity contribution in [2.45, 2.75) is 37.5 Å². The number of nitrogens with two attached hydrogens (primary N) is 1. The molecule has 1 spiro atoms. The third-order valence-corrected chi connectivity index (χ3v) is 3.89. The smallest absolute Gasteiger partial charge is 0.408 e. The van der Waals surface area contributed by atoms with Gasteiger partial charge in [-0.1, -0.05) is 0 Å². The molecule has 0 saturated carbocycles. The summed E-state index contributed by atoms with van der Waals surface area (Å²) in [5.74, 6) is -1.24. The van der Waals surface area contributed by atoms with Crippen molar-refractivity contribution in [1.29, 1.82) is 0 Å². The molecule has 3 amide bonds. The lowest BCUT2D eigenvalue weighted by molar-refractivity contribution is -0.170. The number of carbonyl (C=O) groups excluding carboxylic acids is 2. The minimum atomic E-state index is -1.14. The molecule has 2 aliphatic heterocycles. The largest absolute Gasteiger partial charge is 0.465 e. The maximum atomic E-state index is 12.3. The van der Waals surface area contributed by atoms with E-state index < -0.39 is 35.6 Å². The number of hydrogen-bond acceptors (Lipinski definition) is 4. The normalized spacial score (nSPS) is 29.3. The van der Waals surface area contributed by atoms with Crippen molar-refractivity contribution < 1.29 is 24.6 Å². The topological polar surface area (TPSA) is 124 Å². The first-order chi connectivity index (χ1) is 8.81. The van der Waals surface area contributed by atoms with Crippen LogP contribution in [0.4, 0.5) is 4.79 Å². The lowest BCUT2D eigenvalue weighted by atomic mass is 9.83. The lowest BCUT2D eigenvalue weighted by Crippen LogP contribution is -2.76. The van der Waals surface area contributed by atoms with Crippen LogP contribution in [-0.4, -0.2) is 68.7 Å². The molecule has 2 aliphatic rings. The van der Waals surface area contributed by atoms with Crippen LogP contribution in [0.25, 0.3) is 0 Å². The second kappa shape index (κ2) is 4.37. The molecule has 0 aliphatic carbocycles. The number of hydrogen-bond donors (Lipinski definition) is 3. The molecule has 0 aromatic heterocycles. The van der Waals surface area contributed by atoms with E-state index in [9.17, 15) is 19.5 Å². The average Bonchev–Trinajstić information content (AvgIpc) is 2.74. The Morgan fingerprint density at radius 2 is 2.11 bits per heavy atom. The van der Waals surface area contributed by atoms with Crippen LogP contribution in [0.3, 0.4) is 0 Å². The minimum Gasteiger partial charge on any atom is -0.465 e. The van der Waals surface area contributed by atoms with Gasteiger partial charge in [0.15, 0.2) is 0 Å². The first-order valence-electron chi connectivity index (χ1n) is 6.10. The molecule has 2 rings (SSSR count). The van der Waals surface area contributed by atoms with Crippen molar-refractivity contribution in [3.63, 3.8) is 0 Å². The molecule has 8 nitrogen and oxygen atoms in total. The van der Waals surface area contributed by atoms with Crippen molar-refractivity contribution >= 4 is 17.9 Å². The Hall–Kier alpha value is -1.83. The van der Waals surface area contributed by atoms with Crippen LogP contribution >= 0.6 is 0 Å². The zero-order valence-corrected chi connectivity index (χ0v) is 10.6. The molecule has 2 saturated heterocycles. The number of rotatable bonds is 3. The first kappa shape index (κ1) is 13.6. The van der Waals surface area contributed by atoms with Crippen molar-refractivity contribution in [2.24, 2.45) is 5.73 Å². The molecule has 0 aromatic rings. The Bertz CT molecular complexity index is 438. The van der Waals surface area contributed by atoms with Crippen molar-refractivity contribution in [3.05, 3.63) is 0 Å². The van der Waals surface area contributed by atoms with E-state index in [0.29, 0.717) is 19.4 Å². The Morgan fingerprint density at radius 1 is 1.47 bits per heavy atom. The Balaban J connectivity index is 2.19. The van der Waals surface area contributed by atoms with E-state index in [-0.39, 0.29) is 6.54 Å². The molecule has 106 valence electrons. The van der Waals surface area contributed by atoms with Crippen LogP contribution in [0.1, 0.15) is 19.8 Å². The van der Waals surface area contributed by atoms with Gasteiger partial charge in [-0.3, -0.25) is 14.5 Å². The van der Waals surface area contributed by atoms with E-state index >= 15 is 0 Å². The maximum Gasteiger partial charge on any atom is 0.408 e. The van der Waals surface area contributed by atoms with Gasteiger partial charge in [-0.05, 0) is 19.8 Å². The zero-order valence-electron chi connectivity index (χ0n) is 10.6. The summed E-state index contributed by atoms with van der Waals surface area (Å²) in [7, 11) is 0. The molecule has 0 aromatic carbocycles. The summed E-state index contributed by atoms with van der Waals surface area (Å²) in [5, 5.41) is 18.6. The fraction of sp³-hybridized carbons (Fsp3) is 0.727. The van der Waals surface area contributed by atoms with Gasteiger partial charge in [0.25, 0.3) is 5.91 Å². The predicted molar refractivity (Wildman–Crippen MR) is 63.1 cm³/mol. The van der Waals surface area contributed by atoms with Gasteiger partial charge in [-0.2, -0.15) is 0 Å². The number of aliphatic hydroxyl groups excluding tert-OH is 1. The molecule has 0 radical (unpaired) electrons. The quantitative estimate of drug-likeness (QED) is 0.543. The van der Waals surface area contributed by atoms with E-state index in [1.165, 1.54) is 6.92 Å². The molecule has 2 heterocycles. The van der Waals surface area contributed by atoms with Gasteiger partial charge in [-0.15, -0.1) is 0 Å². The highest BCUT2D eigenvalue weighted by molar-refractivity contribution is 5.99. The monoisotopic (exact) mass is 271 g/mol. The molecule has 2 unspecified atom stereocenters. The van der Waals surface area contributed by atoms with E-state index in [4.69, 9.17) is 10.8 Å². The van der Waals surface area contributed by atoms with Crippen molar-refractivity contribution in [3.8, 4) is 0 Å². The van der Waals surface area contributed by atoms with E-state index in [1.807, 2.05) is 0 Å². The van der Waals surface area contributed by atoms with Crippen LogP contribution in [0.2, 0.25) is 0 Å². The number of nitrogens with zero attached hydrogens (tertiary/aromatic N) is 2. The second-order valence-corrected chi connectivity index (χ2v) is 5.09. The van der Waals surface area contributed by atoms with Gasteiger partial charge in [0.05, 0.1) is 12.6 Å². The summed E-state index contributed by atoms with van der Waals surface area (Å²) < 4.78 is 0. The number of aliphatic hydroxyl groups is 1. The van der Waals surface area contributed by atoms with E-state index in [1.54, 1.807) is 0 Å². The summed E-state index contributed by atoms with van der Waals surface area (Å²) >= 11 is 0. The first-order valence-corrected chi connectivity index (χ1v) is 6.10. The van der Waals surface area contributed by atoms with Crippen molar-refractivity contribution in [1.82, 2.24) is 9.80 Å². The molecule has 2 fully saturated rings. The number of amides is 3. The molecule has 4 N–H and O–H groups in total. The molecule has 3 atom stereocenters. The van der Waals surface area contributed by atoms with Crippen LogP contribution < -0.4 is 5.73 Å². The van der Waals surface area contributed by atoms with Gasteiger partial charge >= 0.3 is 6.09 Å². The van der Waals surface area contributed by atoms with E-state index in [2.05, 4.69) is 0 Å². The maximum absolute atomic E-state index is 12.3. The summed E-state index contributed by atoms with van der Waals surface area (Å²) in [6.07, 6.45) is -1.17. The fourth-order valence-corrected chi connectivity index (χ4v) is 3.02. The van der Waals surface area contributed by atoms with Gasteiger partial charge in [0.1, 0.15) is 11.6 Å². The summed E-state index contributed by atoms with van der Waals surface area (Å²) in [5.41, 5.74) is 4.11. The number of likely N-dealkylation sites (tertiary alicyclic amines) is 2. The molecular weight excluding hydrogens is 254 g/mol. The Kier molecular flexibility index (Phi) is 3.13. The number of carboxylic acid groups (broad SMARTS) is 1. The second-order valence-electron chi connectivity index (χ2n) is 5.09. The molecular formula is C11H17N3O5. The van der Waals surface area contributed by atoms with Crippen LogP contribution in [0.15, 0.2) is 0 Å². The number of β-lactam (4-membered cyclic amide) rings is 1. The Labute approximate surface area is 109 Å². The van der Waals surface area contributed by atoms with Gasteiger partial charge in [0.2, 0.25) is 5.91 Å². The number of carbonyl (C=O) groups is 3. The molecule has 8 heteroatoms. The minimum absolute atomic E-state index is 0.108. The summed E-state index contributed by atoms with van der Waals surface area (Å²) in [4.78, 5) is 36.9. The van der Waals surface area contributed by atoms with Gasteiger partial charge in [0, 0.05) is 6.54 Å². The van der Waals surface area contributed by atoms with Gasteiger partial charge in [-0.25, -0.2) is 4.79 Å².